The van der Waals surface area contributed by atoms with E-state index < -0.39 is 0 Å². The van der Waals surface area contributed by atoms with Crippen LogP contribution in [0.5, 0.6) is 5.75 Å². The lowest BCUT2D eigenvalue weighted by Gasteiger charge is -2.28. The minimum Gasteiger partial charge on any atom is -0.491 e. The molecule has 1 amide bonds. The number of nitrogens with zero attached hydrogens (tertiary/aromatic N) is 1. The van der Waals surface area contributed by atoms with Gasteiger partial charge in [0.1, 0.15) is 22.8 Å². The molecule has 164 valence electrons. The van der Waals surface area contributed by atoms with Gasteiger partial charge < -0.3 is 9.64 Å². The molecule has 6 nitrogen and oxygen atoms in total. The van der Waals surface area contributed by atoms with Crippen molar-refractivity contribution in [1.29, 1.82) is 0 Å². The van der Waals surface area contributed by atoms with Gasteiger partial charge in [0, 0.05) is 16.6 Å². The minimum atomic E-state index is -0.354. The number of halogens is 1. The predicted molar refractivity (Wildman–Crippen MR) is 126 cm³/mol. The highest BCUT2D eigenvalue weighted by atomic mass is 79.9. The molecule has 0 bridgehead atoms. The van der Waals surface area contributed by atoms with Gasteiger partial charge in [-0.3, -0.25) is 10.0 Å². The zero-order valence-electron chi connectivity index (χ0n) is 17.1. The molecule has 1 atom stereocenters. The Labute approximate surface area is 194 Å². The van der Waals surface area contributed by atoms with Crippen molar-refractivity contribution < 1.29 is 19.5 Å². The average Bonchev–Trinajstić information content (AvgIpc) is 3.22. The molecule has 0 radical (unpaired) electrons. The molecule has 2 N–H and O–H groups in total. The summed E-state index contributed by atoms with van der Waals surface area (Å²) in [5.74, 6) is 3.09. The normalized spacial score (nSPS) is 15.6. The molecule has 2 aromatic carbocycles. The molecule has 3 rings (SSSR count). The van der Waals surface area contributed by atoms with Gasteiger partial charge in [0.05, 0.1) is 12.3 Å². The fourth-order valence-electron chi connectivity index (χ4n) is 3.46. The maximum Gasteiger partial charge on any atom is 0.243 e. The summed E-state index contributed by atoms with van der Waals surface area (Å²) in [6.07, 6.45) is 3.74. The van der Waals surface area contributed by atoms with E-state index in [1.54, 1.807) is 17.2 Å². The number of hydrogen-bond acceptors (Lipinski definition) is 6. The smallest absolute Gasteiger partial charge is 0.243 e. The highest BCUT2D eigenvalue weighted by Gasteiger charge is 2.34. The van der Waals surface area contributed by atoms with E-state index in [0.29, 0.717) is 24.5 Å². The number of para-hydroxylation sites is 2. The van der Waals surface area contributed by atoms with E-state index in [4.69, 9.17) is 9.94 Å². The van der Waals surface area contributed by atoms with Gasteiger partial charge in [0.15, 0.2) is 0 Å². The Morgan fingerprint density at radius 1 is 1.19 bits per heavy atom. The number of anilines is 1. The van der Waals surface area contributed by atoms with E-state index in [1.807, 2.05) is 41.3 Å². The summed E-state index contributed by atoms with van der Waals surface area (Å²) < 4.78 is 7.07. The van der Waals surface area contributed by atoms with Crippen molar-refractivity contribution >= 4 is 45.2 Å². The molecule has 1 aliphatic heterocycles. The summed E-state index contributed by atoms with van der Waals surface area (Å²) in [6.45, 7) is 0.548. The van der Waals surface area contributed by atoms with E-state index in [0.717, 1.165) is 47.2 Å². The highest BCUT2D eigenvalue weighted by molar-refractivity contribution is 9.10. The fourth-order valence-corrected chi connectivity index (χ4v) is 5.12. The molecule has 0 saturated carbocycles. The van der Waals surface area contributed by atoms with Gasteiger partial charge in [0.2, 0.25) is 5.91 Å². The Morgan fingerprint density at radius 2 is 2.00 bits per heavy atom. The van der Waals surface area contributed by atoms with Crippen LogP contribution in [0, 0.1) is 0 Å². The van der Waals surface area contributed by atoms with Crippen molar-refractivity contribution in [3.63, 3.8) is 0 Å². The molecule has 0 aliphatic carbocycles. The first-order valence-electron chi connectivity index (χ1n) is 10.2. The number of amides is 1. The number of benzene rings is 2. The van der Waals surface area contributed by atoms with E-state index in [1.165, 1.54) is 0 Å². The van der Waals surface area contributed by atoms with Crippen LogP contribution in [0.4, 0.5) is 5.69 Å². The second kappa shape index (κ2) is 12.0. The quantitative estimate of drug-likeness (QED) is 0.199. The van der Waals surface area contributed by atoms with Gasteiger partial charge in [-0.15, -0.1) is 11.8 Å². The van der Waals surface area contributed by atoms with Crippen LogP contribution >= 0.6 is 27.7 Å². The van der Waals surface area contributed by atoms with Crippen molar-refractivity contribution in [3.05, 3.63) is 64.3 Å². The van der Waals surface area contributed by atoms with Crippen molar-refractivity contribution in [1.82, 2.24) is 5.48 Å². The lowest BCUT2D eigenvalue weighted by Crippen LogP contribution is -2.22. The standard InChI is InChI=1S/C23H25BrN2O4S/c24-18-9-7-8-17(14-18)23-26(19(15-27)16-31-23)20-10-4-5-11-21(20)30-13-6-2-1-3-12-22(28)25-29/h4-5,7-11,14,23,29H,1-3,6,12-13,16H2,(H,25,28). The third-order valence-electron chi connectivity index (χ3n) is 4.96. The number of hydrogen-bond donors (Lipinski definition) is 2. The number of hydroxylamine groups is 1. The van der Waals surface area contributed by atoms with Gasteiger partial charge in [-0.25, -0.2) is 10.3 Å². The number of rotatable bonds is 10. The summed E-state index contributed by atoms with van der Waals surface area (Å²) in [5.41, 5.74) is 4.21. The summed E-state index contributed by atoms with van der Waals surface area (Å²) in [5, 5.41) is 8.47. The molecule has 31 heavy (non-hydrogen) atoms. The second-order valence-electron chi connectivity index (χ2n) is 7.15. The van der Waals surface area contributed by atoms with Crippen LogP contribution in [0.2, 0.25) is 0 Å². The van der Waals surface area contributed by atoms with Crippen molar-refractivity contribution in [2.24, 2.45) is 0 Å². The van der Waals surface area contributed by atoms with Gasteiger partial charge in [-0.1, -0.05) is 53.0 Å². The SMILES string of the molecule is O=C=C1CSC(c2cccc(Br)c2)N1c1ccccc1OCCCCCCC(=O)NO. The van der Waals surface area contributed by atoms with Gasteiger partial charge in [-0.2, -0.15) is 0 Å². The van der Waals surface area contributed by atoms with Crippen LogP contribution in [0.1, 0.15) is 43.0 Å². The molecule has 2 aromatic rings. The molecule has 1 saturated heterocycles. The molecule has 1 fully saturated rings. The van der Waals surface area contributed by atoms with Crippen molar-refractivity contribution in [2.75, 3.05) is 17.3 Å². The Kier molecular flexibility index (Phi) is 9.03. The third-order valence-corrected chi connectivity index (χ3v) is 6.69. The zero-order valence-corrected chi connectivity index (χ0v) is 19.5. The predicted octanol–water partition coefficient (Wildman–Crippen LogP) is 5.25. The van der Waals surface area contributed by atoms with E-state index in [-0.39, 0.29) is 11.3 Å². The molecule has 0 spiro atoms. The molecular weight excluding hydrogens is 480 g/mol. The Bertz CT molecular complexity index is 949. The van der Waals surface area contributed by atoms with Gasteiger partial charge >= 0.3 is 0 Å². The molecule has 0 aromatic heterocycles. The third kappa shape index (κ3) is 6.37. The number of nitrogens with one attached hydrogen (secondary N) is 1. The monoisotopic (exact) mass is 504 g/mol. The second-order valence-corrected chi connectivity index (χ2v) is 9.14. The molecule has 1 heterocycles. The molecule has 8 heteroatoms. The fraction of sp³-hybridized carbons (Fsp3) is 0.348. The maximum atomic E-state index is 11.7. The maximum absolute atomic E-state index is 11.7. The van der Waals surface area contributed by atoms with Crippen LogP contribution in [0.25, 0.3) is 0 Å². The highest BCUT2D eigenvalue weighted by Crippen LogP contribution is 2.48. The summed E-state index contributed by atoms with van der Waals surface area (Å²) in [4.78, 5) is 24.7. The van der Waals surface area contributed by atoms with E-state index in [2.05, 4.69) is 34.0 Å². The average molecular weight is 505 g/mol. The Balaban J connectivity index is 1.66. The first kappa shape index (κ1) is 23.4. The van der Waals surface area contributed by atoms with E-state index >= 15 is 0 Å². The summed E-state index contributed by atoms with van der Waals surface area (Å²) >= 11 is 5.22. The van der Waals surface area contributed by atoms with Crippen LogP contribution in [-0.4, -0.2) is 29.4 Å². The van der Waals surface area contributed by atoms with Crippen LogP contribution in [0.3, 0.4) is 0 Å². The van der Waals surface area contributed by atoms with Crippen LogP contribution in [0.15, 0.2) is 58.7 Å². The number of carbonyl (C=O) groups is 1. The Hall–Kier alpha value is -2.25. The van der Waals surface area contributed by atoms with Crippen LogP contribution in [-0.2, 0) is 9.59 Å². The van der Waals surface area contributed by atoms with Gasteiger partial charge in [-0.05, 0) is 42.7 Å². The lowest BCUT2D eigenvalue weighted by atomic mass is 10.1. The number of carbonyl (C=O) groups excluding carboxylic acids is 2. The topological polar surface area (TPSA) is 78.9 Å². The first-order chi connectivity index (χ1) is 15.1. The van der Waals surface area contributed by atoms with Crippen molar-refractivity contribution in [3.8, 4) is 5.75 Å². The molecule has 1 unspecified atom stereocenters. The van der Waals surface area contributed by atoms with Crippen molar-refractivity contribution in [2.45, 2.75) is 37.5 Å². The minimum absolute atomic E-state index is 0.0311. The summed E-state index contributed by atoms with van der Waals surface area (Å²) in [6, 6.07) is 15.9. The molecule has 1 aliphatic rings. The number of thioether (sulfide) groups is 1. The van der Waals surface area contributed by atoms with Gasteiger partial charge in [0.25, 0.3) is 0 Å². The zero-order chi connectivity index (χ0) is 22.1. The first-order valence-corrected chi connectivity index (χ1v) is 12.0. The number of unbranched alkanes of at least 4 members (excludes halogenated alkanes) is 3. The molecular formula is C23H25BrN2O4S. The Morgan fingerprint density at radius 3 is 2.77 bits per heavy atom. The largest absolute Gasteiger partial charge is 0.491 e. The number of ether oxygens (including phenoxy) is 1. The lowest BCUT2D eigenvalue weighted by molar-refractivity contribution is -0.129. The van der Waals surface area contributed by atoms with E-state index in [9.17, 15) is 9.59 Å². The van der Waals surface area contributed by atoms with Crippen LogP contribution < -0.4 is 15.1 Å². The summed E-state index contributed by atoms with van der Waals surface area (Å²) in [7, 11) is 0.